The Morgan fingerprint density at radius 2 is 2.05 bits per heavy atom. The number of pyridine rings is 1. The van der Waals surface area contributed by atoms with Gasteiger partial charge in [-0.25, -0.2) is 4.98 Å². The molecule has 1 atom stereocenters. The van der Waals surface area contributed by atoms with Crippen LogP contribution >= 0.6 is 15.9 Å². The number of amides is 1. The molecule has 3 nitrogen and oxygen atoms in total. The second-order valence-corrected chi connectivity index (χ2v) is 5.65. The molecule has 20 heavy (non-hydrogen) atoms. The molecule has 4 heteroatoms. The number of aromatic nitrogens is 1. The zero-order valence-electron chi connectivity index (χ0n) is 11.8. The van der Waals surface area contributed by atoms with Gasteiger partial charge in [-0.2, -0.15) is 0 Å². The van der Waals surface area contributed by atoms with Gasteiger partial charge in [0.15, 0.2) is 0 Å². The number of aryl methyl sites for hydroxylation is 2. The molecular weight excluding hydrogens is 316 g/mol. The number of carbonyl (C=O) groups is 1. The summed E-state index contributed by atoms with van der Waals surface area (Å²) in [5.41, 5.74) is 4.08. The van der Waals surface area contributed by atoms with E-state index in [0.717, 1.165) is 5.56 Å². The molecule has 0 saturated carbocycles. The summed E-state index contributed by atoms with van der Waals surface area (Å²) in [6.07, 6.45) is 1.65. The molecule has 0 radical (unpaired) electrons. The summed E-state index contributed by atoms with van der Waals surface area (Å²) in [7, 11) is 0. The summed E-state index contributed by atoms with van der Waals surface area (Å²) < 4.78 is 0.560. The Morgan fingerprint density at radius 3 is 2.70 bits per heavy atom. The molecule has 0 fully saturated rings. The number of carbonyl (C=O) groups excluding carboxylic acids is 1. The summed E-state index contributed by atoms with van der Waals surface area (Å²) in [4.78, 5) is 16.3. The Balaban J connectivity index is 2.17. The monoisotopic (exact) mass is 332 g/mol. The Kier molecular flexibility index (Phi) is 4.55. The van der Waals surface area contributed by atoms with Crippen molar-refractivity contribution < 1.29 is 4.79 Å². The lowest BCUT2D eigenvalue weighted by atomic mass is 10.00. The number of nitrogens with zero attached hydrogens (tertiary/aromatic N) is 1. The van der Waals surface area contributed by atoms with Gasteiger partial charge in [-0.1, -0.05) is 23.8 Å². The van der Waals surface area contributed by atoms with Crippen molar-refractivity contribution >= 4 is 21.8 Å². The summed E-state index contributed by atoms with van der Waals surface area (Å²) in [5, 5.41) is 3.00. The topological polar surface area (TPSA) is 42.0 Å². The fourth-order valence-electron chi connectivity index (χ4n) is 2.22. The van der Waals surface area contributed by atoms with Gasteiger partial charge in [0.2, 0.25) is 0 Å². The zero-order chi connectivity index (χ0) is 14.7. The van der Waals surface area contributed by atoms with Gasteiger partial charge in [0.1, 0.15) is 4.60 Å². The molecule has 1 unspecified atom stereocenters. The van der Waals surface area contributed by atoms with E-state index in [-0.39, 0.29) is 11.9 Å². The average Bonchev–Trinajstić information content (AvgIpc) is 2.38. The number of rotatable bonds is 3. The third kappa shape index (κ3) is 3.25. The van der Waals surface area contributed by atoms with Crippen molar-refractivity contribution in [3.05, 3.63) is 63.4 Å². The van der Waals surface area contributed by atoms with E-state index in [4.69, 9.17) is 0 Å². The molecule has 0 spiro atoms. The van der Waals surface area contributed by atoms with Gasteiger partial charge in [-0.05, 0) is 60.0 Å². The number of hydrogen-bond acceptors (Lipinski definition) is 2. The summed E-state index contributed by atoms with van der Waals surface area (Å²) >= 11 is 3.30. The molecule has 2 rings (SSSR count). The maximum atomic E-state index is 12.2. The maximum Gasteiger partial charge on any atom is 0.254 e. The molecule has 0 aliphatic carbocycles. The molecule has 0 aliphatic heterocycles. The van der Waals surface area contributed by atoms with E-state index in [0.29, 0.717) is 10.2 Å². The van der Waals surface area contributed by atoms with Crippen LogP contribution in [0.2, 0.25) is 0 Å². The lowest BCUT2D eigenvalue weighted by Crippen LogP contribution is -2.27. The van der Waals surface area contributed by atoms with Crippen LogP contribution in [0, 0.1) is 13.8 Å². The van der Waals surface area contributed by atoms with Crippen LogP contribution in [0.3, 0.4) is 0 Å². The highest BCUT2D eigenvalue weighted by atomic mass is 79.9. The molecule has 1 heterocycles. The molecule has 104 valence electrons. The normalized spacial score (nSPS) is 12.0. The molecular formula is C16H17BrN2O. The predicted molar refractivity (Wildman–Crippen MR) is 83.7 cm³/mol. The first-order valence-corrected chi connectivity index (χ1v) is 7.27. The van der Waals surface area contributed by atoms with Crippen LogP contribution in [0.1, 0.15) is 40.0 Å². The van der Waals surface area contributed by atoms with E-state index in [2.05, 4.69) is 58.3 Å². The first-order chi connectivity index (χ1) is 9.49. The first-order valence-electron chi connectivity index (χ1n) is 6.47. The molecule has 0 bridgehead atoms. The highest BCUT2D eigenvalue weighted by Crippen LogP contribution is 2.20. The maximum absolute atomic E-state index is 12.2. The van der Waals surface area contributed by atoms with Crippen molar-refractivity contribution in [3.63, 3.8) is 0 Å². The van der Waals surface area contributed by atoms with Gasteiger partial charge in [-0.3, -0.25) is 4.79 Å². The van der Waals surface area contributed by atoms with Gasteiger partial charge < -0.3 is 5.32 Å². The van der Waals surface area contributed by atoms with E-state index in [9.17, 15) is 4.79 Å². The van der Waals surface area contributed by atoms with E-state index >= 15 is 0 Å². The van der Waals surface area contributed by atoms with E-state index in [1.807, 2.05) is 6.92 Å². The highest BCUT2D eigenvalue weighted by Gasteiger charge is 2.15. The van der Waals surface area contributed by atoms with Gasteiger partial charge in [0.05, 0.1) is 11.6 Å². The fraction of sp³-hybridized carbons (Fsp3) is 0.250. The molecule has 2 aromatic rings. The van der Waals surface area contributed by atoms with Crippen LogP contribution in [-0.4, -0.2) is 10.9 Å². The summed E-state index contributed by atoms with van der Waals surface area (Å²) in [5.74, 6) is -0.127. The van der Waals surface area contributed by atoms with Gasteiger partial charge >= 0.3 is 0 Å². The minimum absolute atomic E-state index is 0.0461. The molecule has 1 aromatic carbocycles. The highest BCUT2D eigenvalue weighted by molar-refractivity contribution is 9.10. The van der Waals surface area contributed by atoms with Crippen LogP contribution in [0.25, 0.3) is 0 Å². The minimum atomic E-state index is -0.127. The van der Waals surface area contributed by atoms with Crippen molar-refractivity contribution in [2.75, 3.05) is 0 Å². The molecule has 1 N–H and O–H groups in total. The second kappa shape index (κ2) is 6.18. The Labute approximate surface area is 127 Å². The number of nitrogens with one attached hydrogen (secondary N) is 1. The van der Waals surface area contributed by atoms with E-state index < -0.39 is 0 Å². The molecule has 0 saturated heterocycles. The van der Waals surface area contributed by atoms with Crippen molar-refractivity contribution in [1.29, 1.82) is 0 Å². The largest absolute Gasteiger partial charge is 0.345 e. The number of halogens is 1. The lowest BCUT2D eigenvalue weighted by Gasteiger charge is -2.17. The Bertz CT molecular complexity index is 640. The average molecular weight is 333 g/mol. The van der Waals surface area contributed by atoms with Crippen LogP contribution in [0.15, 0.2) is 41.1 Å². The van der Waals surface area contributed by atoms with Crippen LogP contribution in [0.4, 0.5) is 0 Å². The van der Waals surface area contributed by atoms with Crippen molar-refractivity contribution in [2.45, 2.75) is 26.8 Å². The van der Waals surface area contributed by atoms with Crippen LogP contribution < -0.4 is 5.32 Å². The quantitative estimate of drug-likeness (QED) is 0.864. The van der Waals surface area contributed by atoms with E-state index in [1.54, 1.807) is 18.3 Å². The van der Waals surface area contributed by atoms with E-state index in [1.165, 1.54) is 11.1 Å². The Morgan fingerprint density at radius 1 is 1.30 bits per heavy atom. The third-order valence-electron chi connectivity index (χ3n) is 3.24. The van der Waals surface area contributed by atoms with Crippen molar-refractivity contribution in [3.8, 4) is 0 Å². The molecule has 1 aromatic heterocycles. The van der Waals surface area contributed by atoms with Crippen molar-refractivity contribution in [2.24, 2.45) is 0 Å². The second-order valence-electron chi connectivity index (χ2n) is 4.90. The van der Waals surface area contributed by atoms with Gasteiger partial charge in [0, 0.05) is 6.20 Å². The first kappa shape index (κ1) is 14.7. The summed E-state index contributed by atoms with van der Waals surface area (Å²) in [6.45, 7) is 6.11. The third-order valence-corrected chi connectivity index (χ3v) is 3.88. The van der Waals surface area contributed by atoms with Gasteiger partial charge in [0.25, 0.3) is 5.91 Å². The smallest absolute Gasteiger partial charge is 0.254 e. The Hall–Kier alpha value is -1.68. The van der Waals surface area contributed by atoms with Crippen molar-refractivity contribution in [1.82, 2.24) is 10.3 Å². The molecule has 1 amide bonds. The number of hydrogen-bond donors (Lipinski definition) is 1. The van der Waals surface area contributed by atoms with Crippen LogP contribution in [-0.2, 0) is 0 Å². The number of benzene rings is 1. The van der Waals surface area contributed by atoms with Gasteiger partial charge in [-0.15, -0.1) is 0 Å². The SMILES string of the molecule is Cc1ccc(C(C)NC(=O)c2cccnc2Br)c(C)c1. The summed E-state index contributed by atoms with van der Waals surface area (Å²) in [6, 6.07) is 9.70. The standard InChI is InChI=1S/C16H17BrN2O/c1-10-6-7-13(11(2)9-10)12(3)19-16(20)14-5-4-8-18-15(14)17/h4-9,12H,1-3H3,(H,19,20). The zero-order valence-corrected chi connectivity index (χ0v) is 13.4. The predicted octanol–water partition coefficient (Wildman–Crippen LogP) is 3.95. The minimum Gasteiger partial charge on any atom is -0.345 e. The fourth-order valence-corrected chi connectivity index (χ4v) is 2.65. The lowest BCUT2D eigenvalue weighted by molar-refractivity contribution is 0.0938. The molecule has 0 aliphatic rings. The van der Waals surface area contributed by atoms with Crippen LogP contribution in [0.5, 0.6) is 0 Å².